The summed E-state index contributed by atoms with van der Waals surface area (Å²) < 4.78 is 2.80. The lowest BCUT2D eigenvalue weighted by atomic mass is 10.2. The van der Waals surface area contributed by atoms with Gasteiger partial charge in [-0.15, -0.1) is 0 Å². The van der Waals surface area contributed by atoms with E-state index in [1.54, 1.807) is 26.0 Å². The molecule has 0 bridgehead atoms. The van der Waals surface area contributed by atoms with Crippen LogP contribution in [0, 0.1) is 0 Å². The number of benzene rings is 2. The van der Waals surface area contributed by atoms with Gasteiger partial charge in [-0.2, -0.15) is 5.10 Å². The van der Waals surface area contributed by atoms with E-state index in [2.05, 4.69) is 14.9 Å². The van der Waals surface area contributed by atoms with Crippen LogP contribution in [0.25, 0.3) is 5.69 Å². The average Bonchev–Trinajstić information content (AvgIpc) is 3.15. The molecule has 158 valence electrons. The molecule has 0 aliphatic carbocycles. The van der Waals surface area contributed by atoms with Gasteiger partial charge in [0.25, 0.3) is 0 Å². The Kier molecular flexibility index (Phi) is 5.50. The highest BCUT2D eigenvalue weighted by molar-refractivity contribution is 5.54. The monoisotopic (exact) mass is 409 g/mol. The number of aromatic nitrogens is 3. The molecule has 1 fully saturated rings. The average molecular weight is 409 g/mol. The van der Waals surface area contributed by atoms with Crippen molar-refractivity contribution in [1.29, 1.82) is 0 Å². The number of aliphatic hydroxyl groups is 1. The molecular formula is C22H27N5O3. The van der Waals surface area contributed by atoms with Crippen molar-refractivity contribution in [1.82, 2.24) is 14.3 Å². The first-order chi connectivity index (χ1) is 14.4. The highest BCUT2D eigenvalue weighted by atomic mass is 16.3. The standard InChI is InChI=1S/C22H27N5O3/c1-16(17(2)28)27-22(30)26(15-23-27)20-5-3-18(4-6-20)24-11-13-25(14-12-24)19-7-9-21(29)10-8-19/h3-10,15-17,28-29H,11-14H2,1-2H3/t16?,17-/m1/s1. The normalized spacial score (nSPS) is 16.5. The number of aromatic hydroxyl groups is 1. The zero-order valence-electron chi connectivity index (χ0n) is 17.2. The third kappa shape index (κ3) is 3.91. The van der Waals surface area contributed by atoms with Crippen LogP contribution >= 0.6 is 0 Å². The first kappa shape index (κ1) is 20.0. The van der Waals surface area contributed by atoms with Crippen molar-refractivity contribution in [2.24, 2.45) is 0 Å². The molecule has 0 saturated carbocycles. The van der Waals surface area contributed by atoms with Crippen LogP contribution in [-0.4, -0.2) is 56.8 Å². The molecule has 0 radical (unpaired) electrons. The Morgan fingerprint density at radius 3 is 1.80 bits per heavy atom. The smallest absolute Gasteiger partial charge is 0.350 e. The lowest BCUT2D eigenvalue weighted by Gasteiger charge is -2.37. The lowest BCUT2D eigenvalue weighted by Crippen LogP contribution is -2.46. The quantitative estimate of drug-likeness (QED) is 0.670. The molecule has 1 unspecified atom stereocenters. The number of hydrogen-bond donors (Lipinski definition) is 2. The van der Waals surface area contributed by atoms with Gasteiger partial charge in [0.2, 0.25) is 0 Å². The van der Waals surface area contributed by atoms with E-state index in [1.165, 1.54) is 15.6 Å². The van der Waals surface area contributed by atoms with Crippen molar-refractivity contribution in [3.63, 3.8) is 0 Å². The van der Waals surface area contributed by atoms with Crippen LogP contribution in [0.1, 0.15) is 19.9 Å². The van der Waals surface area contributed by atoms with E-state index in [9.17, 15) is 15.0 Å². The highest BCUT2D eigenvalue weighted by Crippen LogP contribution is 2.23. The summed E-state index contributed by atoms with van der Waals surface area (Å²) in [4.78, 5) is 17.2. The third-order valence-corrected chi connectivity index (χ3v) is 5.77. The molecule has 8 heteroatoms. The Labute approximate surface area is 175 Å². The molecule has 0 amide bonds. The van der Waals surface area contributed by atoms with Gasteiger partial charge in [0.1, 0.15) is 12.1 Å². The fourth-order valence-electron chi connectivity index (χ4n) is 3.69. The second-order valence-corrected chi connectivity index (χ2v) is 7.72. The fourth-order valence-corrected chi connectivity index (χ4v) is 3.69. The van der Waals surface area contributed by atoms with Crippen LogP contribution in [0.5, 0.6) is 5.75 Å². The highest BCUT2D eigenvalue weighted by Gasteiger charge is 2.19. The number of anilines is 2. The van der Waals surface area contributed by atoms with Gasteiger partial charge < -0.3 is 20.0 Å². The van der Waals surface area contributed by atoms with Crippen LogP contribution < -0.4 is 15.5 Å². The molecule has 0 spiro atoms. The number of phenolic OH excluding ortho intramolecular Hbond substituents is 1. The van der Waals surface area contributed by atoms with Crippen molar-refractivity contribution in [2.45, 2.75) is 26.0 Å². The number of piperazine rings is 1. The molecule has 2 aromatic carbocycles. The van der Waals surface area contributed by atoms with Crippen molar-refractivity contribution in [2.75, 3.05) is 36.0 Å². The summed E-state index contributed by atoms with van der Waals surface area (Å²) in [5.74, 6) is 0.280. The van der Waals surface area contributed by atoms with Crippen molar-refractivity contribution < 1.29 is 10.2 Å². The molecule has 30 heavy (non-hydrogen) atoms. The maximum atomic E-state index is 12.6. The zero-order valence-corrected chi connectivity index (χ0v) is 17.2. The van der Waals surface area contributed by atoms with E-state index in [0.29, 0.717) is 0 Å². The van der Waals surface area contributed by atoms with Gasteiger partial charge in [-0.1, -0.05) is 0 Å². The Morgan fingerprint density at radius 1 is 0.833 bits per heavy atom. The number of aliphatic hydroxyl groups excluding tert-OH is 1. The largest absolute Gasteiger partial charge is 0.508 e. The molecule has 4 rings (SSSR count). The van der Waals surface area contributed by atoms with E-state index in [0.717, 1.165) is 43.2 Å². The number of hydrogen-bond acceptors (Lipinski definition) is 6. The minimum absolute atomic E-state index is 0.265. The minimum atomic E-state index is -0.659. The molecule has 1 aliphatic heterocycles. The number of rotatable bonds is 5. The van der Waals surface area contributed by atoms with Crippen molar-refractivity contribution in [3.8, 4) is 11.4 Å². The summed E-state index contributed by atoms with van der Waals surface area (Å²) in [5, 5.41) is 23.3. The summed E-state index contributed by atoms with van der Waals surface area (Å²) in [7, 11) is 0. The SMILES string of the molecule is CC([C@@H](C)O)n1ncn(-c2ccc(N3CCN(c4ccc(O)cc4)CC3)cc2)c1=O. The Hall–Kier alpha value is -3.26. The van der Waals surface area contributed by atoms with Gasteiger partial charge >= 0.3 is 5.69 Å². The van der Waals surface area contributed by atoms with Gasteiger partial charge in [-0.05, 0) is 62.4 Å². The maximum absolute atomic E-state index is 12.6. The van der Waals surface area contributed by atoms with E-state index in [4.69, 9.17) is 0 Å². The number of phenols is 1. The Bertz CT molecular complexity index is 1030. The third-order valence-electron chi connectivity index (χ3n) is 5.77. The van der Waals surface area contributed by atoms with Crippen molar-refractivity contribution in [3.05, 3.63) is 65.3 Å². The Morgan fingerprint density at radius 2 is 1.30 bits per heavy atom. The summed E-state index contributed by atoms with van der Waals surface area (Å²) >= 11 is 0. The van der Waals surface area contributed by atoms with Crippen LogP contribution in [0.3, 0.4) is 0 Å². The summed E-state index contributed by atoms with van der Waals surface area (Å²) in [6, 6.07) is 14.8. The van der Waals surface area contributed by atoms with E-state index in [1.807, 2.05) is 36.4 Å². The molecule has 3 aromatic rings. The predicted molar refractivity (Wildman–Crippen MR) is 117 cm³/mol. The minimum Gasteiger partial charge on any atom is -0.508 e. The molecule has 1 saturated heterocycles. The first-order valence-corrected chi connectivity index (χ1v) is 10.2. The van der Waals surface area contributed by atoms with Crippen LogP contribution in [0.2, 0.25) is 0 Å². The molecule has 1 aliphatic rings. The van der Waals surface area contributed by atoms with Gasteiger partial charge in [-0.25, -0.2) is 14.0 Å². The van der Waals surface area contributed by atoms with Gasteiger partial charge in [0, 0.05) is 37.6 Å². The molecule has 8 nitrogen and oxygen atoms in total. The predicted octanol–water partition coefficient (Wildman–Crippen LogP) is 2.01. The summed E-state index contributed by atoms with van der Waals surface area (Å²) in [5.41, 5.74) is 2.71. The maximum Gasteiger partial charge on any atom is 0.350 e. The Balaban J connectivity index is 1.44. The molecular weight excluding hydrogens is 382 g/mol. The van der Waals surface area contributed by atoms with Crippen molar-refractivity contribution >= 4 is 11.4 Å². The molecule has 2 N–H and O–H groups in total. The lowest BCUT2D eigenvalue weighted by molar-refractivity contribution is 0.130. The zero-order chi connectivity index (χ0) is 21.3. The van der Waals surface area contributed by atoms with Crippen LogP contribution in [0.4, 0.5) is 11.4 Å². The molecule has 2 atom stereocenters. The molecule has 2 heterocycles. The van der Waals surface area contributed by atoms with Gasteiger partial charge in [0.15, 0.2) is 0 Å². The van der Waals surface area contributed by atoms with E-state index < -0.39 is 6.10 Å². The summed E-state index contributed by atoms with van der Waals surface area (Å²) in [6.07, 6.45) is 0.834. The molecule has 1 aromatic heterocycles. The van der Waals surface area contributed by atoms with Gasteiger partial charge in [0.05, 0.1) is 17.8 Å². The second kappa shape index (κ2) is 8.23. The second-order valence-electron chi connectivity index (χ2n) is 7.72. The van der Waals surface area contributed by atoms with E-state index >= 15 is 0 Å². The number of nitrogens with zero attached hydrogens (tertiary/aromatic N) is 5. The van der Waals surface area contributed by atoms with Gasteiger partial charge in [-0.3, -0.25) is 0 Å². The fraction of sp³-hybridized carbons (Fsp3) is 0.364. The topological polar surface area (TPSA) is 86.8 Å². The van der Waals surface area contributed by atoms with E-state index in [-0.39, 0.29) is 17.5 Å². The summed E-state index contributed by atoms with van der Waals surface area (Å²) in [6.45, 7) is 7.00. The first-order valence-electron chi connectivity index (χ1n) is 10.2. The van der Waals surface area contributed by atoms with Crippen LogP contribution in [-0.2, 0) is 0 Å². The van der Waals surface area contributed by atoms with Crippen LogP contribution in [0.15, 0.2) is 59.7 Å².